The summed E-state index contributed by atoms with van der Waals surface area (Å²) in [6.45, 7) is 11.1. The number of hydrogen-bond donors (Lipinski definition) is 1. The maximum absolute atomic E-state index is 6.29. The molecule has 0 radical (unpaired) electrons. The van der Waals surface area contributed by atoms with Gasteiger partial charge in [0.25, 0.3) is 0 Å². The molecule has 1 N–H and O–H groups in total. The van der Waals surface area contributed by atoms with Crippen molar-refractivity contribution in [3.05, 3.63) is 34.9 Å². The van der Waals surface area contributed by atoms with Crippen LogP contribution < -0.4 is 5.32 Å². The van der Waals surface area contributed by atoms with Crippen LogP contribution in [0.1, 0.15) is 45.7 Å². The normalized spacial score (nSPS) is 14.8. The van der Waals surface area contributed by atoms with E-state index in [2.05, 4.69) is 57.1 Å². The van der Waals surface area contributed by atoms with Crippen molar-refractivity contribution in [2.45, 2.75) is 46.2 Å². The topological polar surface area (TPSA) is 15.3 Å². The van der Waals surface area contributed by atoms with Crippen molar-refractivity contribution in [2.75, 3.05) is 20.1 Å². The molecule has 0 aliphatic carbocycles. The second-order valence-electron chi connectivity index (χ2n) is 6.10. The molecule has 2 nitrogen and oxygen atoms in total. The Kier molecular flexibility index (Phi) is 7.57. The van der Waals surface area contributed by atoms with Crippen molar-refractivity contribution in [1.29, 1.82) is 0 Å². The molecule has 0 heterocycles. The SMILES string of the molecule is CC(C)CCNCC(C)N(C)C(C)c1ccccc1Cl. The molecule has 1 aromatic carbocycles. The van der Waals surface area contributed by atoms with Crippen molar-refractivity contribution in [2.24, 2.45) is 5.92 Å². The number of rotatable bonds is 8. The molecule has 0 saturated heterocycles. The number of likely N-dealkylation sites (N-methyl/N-ethyl adjacent to an activating group) is 1. The van der Waals surface area contributed by atoms with Gasteiger partial charge in [0.2, 0.25) is 0 Å². The van der Waals surface area contributed by atoms with Crippen LogP contribution in [0.25, 0.3) is 0 Å². The van der Waals surface area contributed by atoms with Crippen molar-refractivity contribution >= 4 is 11.6 Å². The molecule has 0 amide bonds. The summed E-state index contributed by atoms with van der Waals surface area (Å²) >= 11 is 6.29. The van der Waals surface area contributed by atoms with Gasteiger partial charge in [-0.25, -0.2) is 0 Å². The number of nitrogens with one attached hydrogen (secondary N) is 1. The average Bonchev–Trinajstić information content (AvgIpc) is 2.42. The van der Waals surface area contributed by atoms with Crippen molar-refractivity contribution in [3.63, 3.8) is 0 Å². The van der Waals surface area contributed by atoms with Crippen LogP contribution in [0.3, 0.4) is 0 Å². The molecule has 3 heteroatoms. The third kappa shape index (κ3) is 5.43. The minimum Gasteiger partial charge on any atom is -0.315 e. The smallest absolute Gasteiger partial charge is 0.0453 e. The molecule has 0 fully saturated rings. The summed E-state index contributed by atoms with van der Waals surface area (Å²) in [6, 6.07) is 8.92. The van der Waals surface area contributed by atoms with Crippen molar-refractivity contribution in [3.8, 4) is 0 Å². The highest BCUT2D eigenvalue weighted by Gasteiger charge is 2.18. The first-order chi connectivity index (χ1) is 9.43. The van der Waals surface area contributed by atoms with Gasteiger partial charge in [-0.1, -0.05) is 43.6 Å². The molecule has 0 saturated carbocycles. The maximum Gasteiger partial charge on any atom is 0.0453 e. The van der Waals surface area contributed by atoms with Gasteiger partial charge in [-0.05, 0) is 51.4 Å². The Hall–Kier alpha value is -0.570. The van der Waals surface area contributed by atoms with Gasteiger partial charge in [0.15, 0.2) is 0 Å². The van der Waals surface area contributed by atoms with Gasteiger partial charge >= 0.3 is 0 Å². The number of hydrogen-bond acceptors (Lipinski definition) is 2. The predicted octanol–water partition coefficient (Wildman–Crippen LogP) is 4.36. The maximum atomic E-state index is 6.29. The van der Waals surface area contributed by atoms with E-state index < -0.39 is 0 Å². The zero-order valence-electron chi connectivity index (χ0n) is 13.5. The van der Waals surface area contributed by atoms with E-state index in [0.717, 1.165) is 24.0 Å². The molecule has 114 valence electrons. The first-order valence-corrected chi connectivity index (χ1v) is 7.98. The van der Waals surface area contributed by atoms with Crippen LogP contribution in [0.5, 0.6) is 0 Å². The van der Waals surface area contributed by atoms with Gasteiger partial charge < -0.3 is 5.32 Å². The Labute approximate surface area is 129 Å². The molecular weight excluding hydrogens is 268 g/mol. The lowest BCUT2D eigenvalue weighted by Gasteiger charge is -2.32. The molecule has 0 bridgehead atoms. The second-order valence-corrected chi connectivity index (χ2v) is 6.51. The summed E-state index contributed by atoms with van der Waals surface area (Å²) < 4.78 is 0. The van der Waals surface area contributed by atoms with Gasteiger partial charge in [-0.3, -0.25) is 4.90 Å². The fourth-order valence-electron chi connectivity index (χ4n) is 2.26. The van der Waals surface area contributed by atoms with E-state index in [1.54, 1.807) is 0 Å². The summed E-state index contributed by atoms with van der Waals surface area (Å²) in [7, 11) is 2.17. The minimum atomic E-state index is 0.325. The highest BCUT2D eigenvalue weighted by atomic mass is 35.5. The summed E-state index contributed by atoms with van der Waals surface area (Å²) in [5.41, 5.74) is 1.20. The van der Waals surface area contributed by atoms with E-state index in [0.29, 0.717) is 12.1 Å². The molecule has 1 rings (SSSR count). The fourth-order valence-corrected chi connectivity index (χ4v) is 2.55. The van der Waals surface area contributed by atoms with Gasteiger partial charge in [-0.15, -0.1) is 0 Å². The van der Waals surface area contributed by atoms with Gasteiger partial charge in [0.1, 0.15) is 0 Å². The monoisotopic (exact) mass is 296 g/mol. The average molecular weight is 297 g/mol. The van der Waals surface area contributed by atoms with E-state index in [4.69, 9.17) is 11.6 Å². The number of benzene rings is 1. The predicted molar refractivity (Wildman–Crippen MR) is 89.4 cm³/mol. The Morgan fingerprint density at radius 1 is 1.15 bits per heavy atom. The first kappa shape index (κ1) is 17.5. The van der Waals surface area contributed by atoms with E-state index in [-0.39, 0.29) is 0 Å². The molecule has 0 aliphatic heterocycles. The molecule has 2 atom stereocenters. The zero-order chi connectivity index (χ0) is 15.1. The van der Waals surface area contributed by atoms with E-state index in [1.165, 1.54) is 12.0 Å². The van der Waals surface area contributed by atoms with E-state index in [1.807, 2.05) is 12.1 Å². The number of nitrogens with zero attached hydrogens (tertiary/aromatic N) is 1. The Morgan fingerprint density at radius 2 is 1.80 bits per heavy atom. The van der Waals surface area contributed by atoms with Crippen LogP contribution >= 0.6 is 11.6 Å². The van der Waals surface area contributed by atoms with Crippen LogP contribution in [0.4, 0.5) is 0 Å². The Bertz CT molecular complexity index is 392. The molecule has 0 spiro atoms. The highest BCUT2D eigenvalue weighted by molar-refractivity contribution is 6.31. The zero-order valence-corrected chi connectivity index (χ0v) is 14.2. The molecule has 1 aromatic rings. The van der Waals surface area contributed by atoms with Gasteiger partial charge in [0.05, 0.1) is 0 Å². The van der Waals surface area contributed by atoms with Gasteiger partial charge in [-0.2, -0.15) is 0 Å². The lowest BCUT2D eigenvalue weighted by molar-refractivity contribution is 0.193. The van der Waals surface area contributed by atoms with Crippen molar-refractivity contribution in [1.82, 2.24) is 10.2 Å². The summed E-state index contributed by atoms with van der Waals surface area (Å²) in [6.07, 6.45) is 1.23. The molecule has 0 aliphatic rings. The first-order valence-electron chi connectivity index (χ1n) is 7.60. The van der Waals surface area contributed by atoms with Crippen molar-refractivity contribution < 1.29 is 0 Å². The van der Waals surface area contributed by atoms with Crippen LogP contribution in [0.15, 0.2) is 24.3 Å². The Balaban J connectivity index is 2.47. The lowest BCUT2D eigenvalue weighted by Crippen LogP contribution is -2.39. The number of halogens is 1. The fraction of sp³-hybridized carbons (Fsp3) is 0.647. The Morgan fingerprint density at radius 3 is 2.40 bits per heavy atom. The third-order valence-electron chi connectivity index (χ3n) is 4.00. The largest absolute Gasteiger partial charge is 0.315 e. The van der Waals surface area contributed by atoms with Crippen LogP contribution in [0, 0.1) is 5.92 Å². The molecular formula is C17H29ClN2. The standard InChI is InChI=1S/C17H29ClN2/c1-13(2)10-11-19-12-14(3)20(5)15(4)16-8-6-7-9-17(16)18/h6-9,13-15,19H,10-12H2,1-5H3. The van der Waals surface area contributed by atoms with Gasteiger partial charge in [0, 0.05) is 23.7 Å². The summed E-state index contributed by atoms with van der Waals surface area (Å²) in [5.74, 6) is 0.762. The quantitative estimate of drug-likeness (QED) is 0.717. The lowest BCUT2D eigenvalue weighted by atomic mass is 10.1. The summed E-state index contributed by atoms with van der Waals surface area (Å²) in [4.78, 5) is 2.38. The minimum absolute atomic E-state index is 0.325. The van der Waals surface area contributed by atoms with Crippen LogP contribution in [0.2, 0.25) is 5.02 Å². The highest BCUT2D eigenvalue weighted by Crippen LogP contribution is 2.27. The third-order valence-corrected chi connectivity index (χ3v) is 4.34. The molecule has 2 unspecified atom stereocenters. The van der Waals surface area contributed by atoms with E-state index >= 15 is 0 Å². The second kappa shape index (κ2) is 8.66. The molecule has 20 heavy (non-hydrogen) atoms. The van der Waals surface area contributed by atoms with Crippen LogP contribution in [-0.2, 0) is 0 Å². The van der Waals surface area contributed by atoms with E-state index in [9.17, 15) is 0 Å². The van der Waals surface area contributed by atoms with Crippen LogP contribution in [-0.4, -0.2) is 31.1 Å². The molecule has 0 aromatic heterocycles. The summed E-state index contributed by atoms with van der Waals surface area (Å²) in [5, 5.41) is 4.40.